The van der Waals surface area contributed by atoms with E-state index in [1.807, 2.05) is 0 Å². The summed E-state index contributed by atoms with van der Waals surface area (Å²) in [6, 6.07) is -0.628. The van der Waals surface area contributed by atoms with Crippen molar-refractivity contribution in [3.05, 3.63) is 16.4 Å². The Bertz CT molecular complexity index is 428. The fourth-order valence-electron chi connectivity index (χ4n) is 1.56. The van der Waals surface area contributed by atoms with Gasteiger partial charge in [0.2, 0.25) is 5.89 Å². The molecule has 0 aromatic carbocycles. The monoisotopic (exact) mass is 229 g/mol. The van der Waals surface area contributed by atoms with E-state index in [1.54, 1.807) is 27.7 Å². The zero-order valence-electron chi connectivity index (χ0n) is 9.64. The number of amides is 1. The summed E-state index contributed by atoms with van der Waals surface area (Å²) in [6.07, 6.45) is -1.09. The Morgan fingerprint density at radius 3 is 2.44 bits per heavy atom. The van der Waals surface area contributed by atoms with Crippen molar-refractivity contribution in [3.63, 3.8) is 0 Å². The van der Waals surface area contributed by atoms with Crippen LogP contribution in [0.4, 0.5) is 4.79 Å². The second kappa shape index (κ2) is 3.99. The predicted octanol–water partition coefficient (Wildman–Crippen LogP) is 1.20. The largest absolute Gasteiger partial charge is 0.465 e. The number of H-pyrrole nitrogens is 1. The molecule has 0 aliphatic carbocycles. The van der Waals surface area contributed by atoms with Crippen molar-refractivity contribution in [1.29, 1.82) is 0 Å². The summed E-state index contributed by atoms with van der Waals surface area (Å²) in [5.41, 5.74) is -0.608. The molecule has 1 aromatic heterocycles. The average Bonchev–Trinajstić information content (AvgIpc) is 2.48. The molecular formula is C9H15N3O4. The Morgan fingerprint density at radius 1 is 1.56 bits per heavy atom. The molecule has 90 valence electrons. The van der Waals surface area contributed by atoms with E-state index in [0.29, 0.717) is 0 Å². The van der Waals surface area contributed by atoms with Crippen molar-refractivity contribution in [3.8, 4) is 0 Å². The van der Waals surface area contributed by atoms with Crippen LogP contribution in [0.1, 0.15) is 39.6 Å². The van der Waals surface area contributed by atoms with Gasteiger partial charge >= 0.3 is 11.8 Å². The zero-order valence-corrected chi connectivity index (χ0v) is 9.64. The number of rotatable bonds is 2. The first-order valence-electron chi connectivity index (χ1n) is 4.81. The molecule has 2 N–H and O–H groups in total. The molecule has 0 spiro atoms. The molecule has 7 heteroatoms. The molecule has 1 aromatic rings. The highest BCUT2D eigenvalue weighted by molar-refractivity contribution is 5.66. The molecule has 0 saturated heterocycles. The molecule has 0 radical (unpaired) electrons. The van der Waals surface area contributed by atoms with Crippen LogP contribution in [0.2, 0.25) is 0 Å². The molecule has 1 unspecified atom stereocenters. The summed E-state index contributed by atoms with van der Waals surface area (Å²) in [6.45, 7) is 6.87. The van der Waals surface area contributed by atoms with Crippen molar-refractivity contribution < 1.29 is 14.3 Å². The van der Waals surface area contributed by atoms with E-state index in [0.717, 1.165) is 0 Å². The maximum Gasteiger partial charge on any atom is 0.434 e. The van der Waals surface area contributed by atoms with E-state index >= 15 is 0 Å². The lowest BCUT2D eigenvalue weighted by molar-refractivity contribution is 0.0661. The Kier molecular flexibility index (Phi) is 3.06. The number of aromatic nitrogens is 2. The minimum absolute atomic E-state index is 0.0577. The Hall–Kier alpha value is -1.79. The van der Waals surface area contributed by atoms with Gasteiger partial charge in [-0.25, -0.2) is 14.7 Å². The fourth-order valence-corrected chi connectivity index (χ4v) is 1.56. The molecule has 0 aliphatic heterocycles. The average molecular weight is 229 g/mol. The minimum atomic E-state index is -1.09. The van der Waals surface area contributed by atoms with Crippen LogP contribution in [-0.4, -0.2) is 31.8 Å². The summed E-state index contributed by atoms with van der Waals surface area (Å²) in [7, 11) is 0. The van der Waals surface area contributed by atoms with Gasteiger partial charge in [-0.15, -0.1) is 5.10 Å². The SMILES string of the molecule is CC(c1n[nH]c(=O)o1)N(C(=O)O)C(C)(C)C. The van der Waals surface area contributed by atoms with Crippen LogP contribution in [-0.2, 0) is 0 Å². The smallest absolute Gasteiger partial charge is 0.434 e. The molecule has 1 rings (SSSR count). The third-order valence-corrected chi connectivity index (χ3v) is 2.13. The second-order valence-electron chi connectivity index (χ2n) is 4.45. The lowest BCUT2D eigenvalue weighted by Gasteiger charge is -2.36. The highest BCUT2D eigenvalue weighted by atomic mass is 16.4. The summed E-state index contributed by atoms with van der Waals surface area (Å²) in [4.78, 5) is 23.1. The molecule has 1 atom stereocenters. The van der Waals surface area contributed by atoms with Crippen LogP contribution in [0.5, 0.6) is 0 Å². The van der Waals surface area contributed by atoms with Crippen molar-refractivity contribution >= 4 is 6.09 Å². The standard InChI is InChI=1S/C9H15N3O4/c1-5(6-10-11-7(13)16-6)12(8(14)15)9(2,3)4/h5H,1-4H3,(H,11,13)(H,14,15). The first-order chi connectivity index (χ1) is 7.23. The predicted molar refractivity (Wildman–Crippen MR) is 55.2 cm³/mol. The van der Waals surface area contributed by atoms with E-state index in [2.05, 4.69) is 10.2 Å². The molecule has 7 nitrogen and oxygen atoms in total. The fraction of sp³-hybridized carbons (Fsp3) is 0.667. The summed E-state index contributed by atoms with van der Waals surface area (Å²) in [5.74, 6) is -0.636. The van der Waals surface area contributed by atoms with Gasteiger partial charge in [0.15, 0.2) is 0 Å². The van der Waals surface area contributed by atoms with Crippen LogP contribution in [0.3, 0.4) is 0 Å². The van der Waals surface area contributed by atoms with Crippen molar-refractivity contribution in [2.45, 2.75) is 39.3 Å². The summed E-state index contributed by atoms with van der Waals surface area (Å²) in [5, 5.41) is 14.8. The lowest BCUT2D eigenvalue weighted by atomic mass is 10.0. The molecule has 16 heavy (non-hydrogen) atoms. The van der Waals surface area contributed by atoms with Crippen molar-refractivity contribution in [1.82, 2.24) is 15.1 Å². The Labute approximate surface area is 92.1 Å². The van der Waals surface area contributed by atoms with Crippen LogP contribution < -0.4 is 5.76 Å². The molecule has 0 fully saturated rings. The van der Waals surface area contributed by atoms with Gasteiger partial charge in [-0.05, 0) is 27.7 Å². The third-order valence-electron chi connectivity index (χ3n) is 2.13. The maximum absolute atomic E-state index is 11.1. The number of nitrogens with zero attached hydrogens (tertiary/aromatic N) is 2. The number of carboxylic acid groups (broad SMARTS) is 1. The third kappa shape index (κ3) is 2.41. The molecule has 0 bridgehead atoms. The van der Waals surface area contributed by atoms with Crippen molar-refractivity contribution in [2.24, 2.45) is 0 Å². The molecule has 0 saturated carbocycles. The zero-order chi connectivity index (χ0) is 12.5. The van der Waals surface area contributed by atoms with Crippen LogP contribution in [0.15, 0.2) is 9.21 Å². The number of nitrogens with one attached hydrogen (secondary N) is 1. The van der Waals surface area contributed by atoms with Gasteiger partial charge in [0.25, 0.3) is 0 Å². The second-order valence-corrected chi connectivity index (χ2v) is 4.45. The highest BCUT2D eigenvalue weighted by Gasteiger charge is 2.34. The topological polar surface area (TPSA) is 99.4 Å². The number of hydrogen-bond donors (Lipinski definition) is 2. The van der Waals surface area contributed by atoms with Gasteiger partial charge in [-0.2, -0.15) is 0 Å². The number of aromatic amines is 1. The highest BCUT2D eigenvalue weighted by Crippen LogP contribution is 2.26. The minimum Gasteiger partial charge on any atom is -0.465 e. The normalized spacial score (nSPS) is 13.5. The Morgan fingerprint density at radius 2 is 2.12 bits per heavy atom. The lowest BCUT2D eigenvalue weighted by Crippen LogP contribution is -2.46. The molecular weight excluding hydrogens is 214 g/mol. The number of hydrogen-bond acceptors (Lipinski definition) is 4. The van der Waals surface area contributed by atoms with Gasteiger partial charge in [-0.3, -0.25) is 4.90 Å². The number of carbonyl (C=O) groups is 1. The molecule has 1 amide bonds. The van der Waals surface area contributed by atoms with Gasteiger partial charge in [0.05, 0.1) is 0 Å². The molecule has 0 aliphatic rings. The van der Waals surface area contributed by atoms with Crippen LogP contribution >= 0.6 is 0 Å². The first-order valence-corrected chi connectivity index (χ1v) is 4.81. The Balaban J connectivity index is 3.05. The van der Waals surface area contributed by atoms with E-state index < -0.39 is 23.4 Å². The maximum atomic E-state index is 11.1. The van der Waals surface area contributed by atoms with E-state index in [9.17, 15) is 9.59 Å². The van der Waals surface area contributed by atoms with Gasteiger partial charge in [0.1, 0.15) is 6.04 Å². The summed E-state index contributed by atoms with van der Waals surface area (Å²) >= 11 is 0. The van der Waals surface area contributed by atoms with E-state index in [1.165, 1.54) is 4.90 Å². The molecule has 1 heterocycles. The van der Waals surface area contributed by atoms with Crippen LogP contribution in [0, 0.1) is 0 Å². The van der Waals surface area contributed by atoms with E-state index in [4.69, 9.17) is 9.52 Å². The van der Waals surface area contributed by atoms with Gasteiger partial charge in [0, 0.05) is 5.54 Å². The summed E-state index contributed by atoms with van der Waals surface area (Å²) < 4.78 is 4.74. The van der Waals surface area contributed by atoms with Crippen LogP contribution in [0.25, 0.3) is 0 Å². The van der Waals surface area contributed by atoms with Gasteiger partial charge in [-0.1, -0.05) is 0 Å². The van der Waals surface area contributed by atoms with Gasteiger partial charge < -0.3 is 9.52 Å². The first kappa shape index (κ1) is 12.3. The van der Waals surface area contributed by atoms with Crippen molar-refractivity contribution in [2.75, 3.05) is 0 Å². The van der Waals surface area contributed by atoms with E-state index in [-0.39, 0.29) is 5.89 Å². The quantitative estimate of drug-likeness (QED) is 0.793.